The van der Waals surface area contributed by atoms with E-state index < -0.39 is 0 Å². The maximum Gasteiger partial charge on any atom is 0.225 e. The Morgan fingerprint density at radius 1 is 1.42 bits per heavy atom. The van der Waals surface area contributed by atoms with Crippen LogP contribution < -0.4 is 5.32 Å². The molecule has 0 radical (unpaired) electrons. The molecule has 2 atom stereocenters. The Morgan fingerprint density at radius 2 is 2.17 bits per heavy atom. The third-order valence-corrected chi connectivity index (χ3v) is 3.14. The lowest BCUT2D eigenvalue weighted by atomic mass is 9.76. The maximum atomic E-state index is 11.2. The molecule has 0 aromatic carbocycles. The first-order valence-electron chi connectivity index (χ1n) is 4.75. The smallest absolute Gasteiger partial charge is 0.225 e. The Balaban J connectivity index is 1.93. The molecule has 2 aliphatic rings. The van der Waals surface area contributed by atoms with E-state index in [9.17, 15) is 9.90 Å². The summed E-state index contributed by atoms with van der Waals surface area (Å²) in [6, 6.07) is 0. The molecule has 68 valence electrons. The normalized spacial score (nSPS) is 32.8. The van der Waals surface area contributed by atoms with E-state index in [1.807, 2.05) is 0 Å². The molecular weight excluding hydrogens is 154 g/mol. The molecule has 1 aliphatic carbocycles. The van der Waals surface area contributed by atoms with Crippen molar-refractivity contribution >= 4 is 5.91 Å². The van der Waals surface area contributed by atoms with Gasteiger partial charge in [-0.25, -0.2) is 0 Å². The third kappa shape index (κ3) is 1.22. The fourth-order valence-corrected chi connectivity index (χ4v) is 2.05. The first kappa shape index (κ1) is 8.05. The predicted octanol–water partition coefficient (Wildman–Crippen LogP) is 0.283. The lowest BCUT2D eigenvalue weighted by molar-refractivity contribution is -0.127. The van der Waals surface area contributed by atoms with Crippen LogP contribution in [0.3, 0.4) is 0 Å². The molecule has 2 rings (SSSR count). The molecule has 1 aliphatic heterocycles. The second-order valence-electron chi connectivity index (χ2n) is 3.87. The summed E-state index contributed by atoms with van der Waals surface area (Å²) in [5.74, 6) is 0.337. The number of carbonyl (C=O) groups excluding carboxylic acids is 1. The number of aliphatic hydroxyl groups excluding tert-OH is 1. The summed E-state index contributed by atoms with van der Waals surface area (Å²) >= 11 is 0. The first-order valence-corrected chi connectivity index (χ1v) is 4.75. The molecule has 2 fully saturated rings. The minimum Gasteiger partial charge on any atom is -0.392 e. The number of amides is 1. The lowest BCUT2D eigenvalue weighted by Crippen LogP contribution is -2.37. The zero-order valence-electron chi connectivity index (χ0n) is 7.12. The molecule has 1 saturated carbocycles. The Hall–Kier alpha value is -0.570. The van der Waals surface area contributed by atoms with Gasteiger partial charge in [0.25, 0.3) is 0 Å². The first-order chi connectivity index (χ1) is 5.79. The zero-order chi connectivity index (χ0) is 8.55. The van der Waals surface area contributed by atoms with Crippen molar-refractivity contribution in [2.24, 2.45) is 11.8 Å². The van der Waals surface area contributed by atoms with Crippen LogP contribution in [-0.2, 0) is 4.79 Å². The lowest BCUT2D eigenvalue weighted by Gasteiger charge is -2.32. The molecule has 1 saturated heterocycles. The van der Waals surface area contributed by atoms with Gasteiger partial charge in [0.2, 0.25) is 5.91 Å². The van der Waals surface area contributed by atoms with Crippen LogP contribution in [0, 0.1) is 11.8 Å². The van der Waals surface area contributed by atoms with Gasteiger partial charge >= 0.3 is 0 Å². The minimum absolute atomic E-state index is 0.0504. The van der Waals surface area contributed by atoms with Crippen LogP contribution >= 0.6 is 0 Å². The second kappa shape index (κ2) is 3.05. The topological polar surface area (TPSA) is 49.3 Å². The summed E-state index contributed by atoms with van der Waals surface area (Å²) < 4.78 is 0. The summed E-state index contributed by atoms with van der Waals surface area (Å²) in [4.78, 5) is 11.2. The molecule has 2 N–H and O–H groups in total. The molecule has 0 aromatic rings. The van der Waals surface area contributed by atoms with E-state index in [0.29, 0.717) is 5.92 Å². The number of aliphatic hydroxyl groups is 1. The summed E-state index contributed by atoms with van der Waals surface area (Å²) in [7, 11) is 0. The Labute approximate surface area is 72.2 Å². The van der Waals surface area contributed by atoms with Gasteiger partial charge in [-0.2, -0.15) is 0 Å². The molecular formula is C9H15NO2. The summed E-state index contributed by atoms with van der Waals surface area (Å²) in [6.07, 6.45) is 3.86. The van der Waals surface area contributed by atoms with Gasteiger partial charge in [-0.05, 0) is 25.2 Å². The average molecular weight is 169 g/mol. The second-order valence-corrected chi connectivity index (χ2v) is 3.87. The van der Waals surface area contributed by atoms with Crippen LogP contribution in [0.15, 0.2) is 0 Å². The number of hydrogen-bond donors (Lipinski definition) is 2. The Kier molecular flexibility index (Phi) is 2.05. The van der Waals surface area contributed by atoms with Gasteiger partial charge in [-0.15, -0.1) is 0 Å². The molecule has 0 aromatic heterocycles. The highest BCUT2D eigenvalue weighted by atomic mass is 16.3. The van der Waals surface area contributed by atoms with Gasteiger partial charge in [-0.3, -0.25) is 4.79 Å². The van der Waals surface area contributed by atoms with Gasteiger partial charge in [-0.1, -0.05) is 6.42 Å². The zero-order valence-corrected chi connectivity index (χ0v) is 7.12. The van der Waals surface area contributed by atoms with E-state index in [4.69, 9.17) is 0 Å². The van der Waals surface area contributed by atoms with Crippen molar-refractivity contribution in [2.75, 3.05) is 6.54 Å². The minimum atomic E-state index is -0.374. The Bertz CT molecular complexity index is 189. The standard InChI is InChI=1S/C9H15NO2/c11-8(6-2-1-3-6)7-4-5-10-9(7)12/h6-8,11H,1-5H2,(H,10,12). The van der Waals surface area contributed by atoms with Crippen molar-refractivity contribution in [3.63, 3.8) is 0 Å². The molecule has 1 heterocycles. The van der Waals surface area contributed by atoms with Crippen molar-refractivity contribution < 1.29 is 9.90 Å². The van der Waals surface area contributed by atoms with Crippen LogP contribution in [0.25, 0.3) is 0 Å². The molecule has 1 amide bonds. The van der Waals surface area contributed by atoms with Crippen LogP contribution in [0.1, 0.15) is 25.7 Å². The van der Waals surface area contributed by atoms with E-state index in [2.05, 4.69) is 5.32 Å². The van der Waals surface area contributed by atoms with Gasteiger partial charge in [0.05, 0.1) is 12.0 Å². The van der Waals surface area contributed by atoms with Crippen molar-refractivity contribution in [2.45, 2.75) is 31.8 Å². The monoisotopic (exact) mass is 169 g/mol. The Morgan fingerprint density at radius 3 is 2.58 bits per heavy atom. The van der Waals surface area contributed by atoms with E-state index in [0.717, 1.165) is 25.8 Å². The third-order valence-electron chi connectivity index (χ3n) is 3.14. The highest BCUT2D eigenvalue weighted by Crippen LogP contribution is 2.34. The molecule has 3 nitrogen and oxygen atoms in total. The van der Waals surface area contributed by atoms with Crippen LogP contribution in [0.2, 0.25) is 0 Å². The molecule has 0 spiro atoms. The number of rotatable bonds is 2. The molecule has 2 unspecified atom stereocenters. The van der Waals surface area contributed by atoms with Gasteiger partial charge in [0.1, 0.15) is 0 Å². The largest absolute Gasteiger partial charge is 0.392 e. The highest BCUT2D eigenvalue weighted by Gasteiger charge is 2.37. The number of nitrogens with one attached hydrogen (secondary N) is 1. The summed E-state index contributed by atoms with van der Waals surface area (Å²) in [5, 5.41) is 12.5. The van der Waals surface area contributed by atoms with Crippen LogP contribution in [0.4, 0.5) is 0 Å². The van der Waals surface area contributed by atoms with Crippen molar-refractivity contribution in [3.05, 3.63) is 0 Å². The van der Waals surface area contributed by atoms with Crippen molar-refractivity contribution in [1.82, 2.24) is 5.32 Å². The average Bonchev–Trinajstić information content (AvgIpc) is 2.31. The van der Waals surface area contributed by atoms with Crippen LogP contribution in [-0.4, -0.2) is 23.7 Å². The van der Waals surface area contributed by atoms with E-state index in [-0.39, 0.29) is 17.9 Å². The summed E-state index contributed by atoms with van der Waals surface area (Å²) in [5.41, 5.74) is 0. The van der Waals surface area contributed by atoms with Crippen LogP contribution in [0.5, 0.6) is 0 Å². The molecule has 3 heteroatoms. The number of carbonyl (C=O) groups is 1. The molecule has 0 bridgehead atoms. The van der Waals surface area contributed by atoms with Gasteiger partial charge in [0.15, 0.2) is 0 Å². The predicted molar refractivity (Wildman–Crippen MR) is 44.5 cm³/mol. The SMILES string of the molecule is O=C1NCCC1C(O)C1CCC1. The molecule has 12 heavy (non-hydrogen) atoms. The highest BCUT2D eigenvalue weighted by molar-refractivity contribution is 5.81. The quantitative estimate of drug-likeness (QED) is 0.624. The van der Waals surface area contributed by atoms with Gasteiger partial charge < -0.3 is 10.4 Å². The maximum absolute atomic E-state index is 11.2. The fourth-order valence-electron chi connectivity index (χ4n) is 2.05. The van der Waals surface area contributed by atoms with Gasteiger partial charge in [0, 0.05) is 6.54 Å². The van der Waals surface area contributed by atoms with E-state index in [1.54, 1.807) is 0 Å². The summed E-state index contributed by atoms with van der Waals surface area (Å²) in [6.45, 7) is 0.743. The van der Waals surface area contributed by atoms with E-state index >= 15 is 0 Å². The number of hydrogen-bond acceptors (Lipinski definition) is 2. The van der Waals surface area contributed by atoms with E-state index in [1.165, 1.54) is 6.42 Å². The fraction of sp³-hybridized carbons (Fsp3) is 0.889. The van der Waals surface area contributed by atoms with Crippen molar-refractivity contribution in [1.29, 1.82) is 0 Å². The van der Waals surface area contributed by atoms with Crippen molar-refractivity contribution in [3.8, 4) is 0 Å².